The second kappa shape index (κ2) is 10.7. The van der Waals surface area contributed by atoms with Crippen molar-refractivity contribution >= 4 is 17.0 Å². The topological polar surface area (TPSA) is 57.0 Å². The lowest BCUT2D eigenvalue weighted by molar-refractivity contribution is -0.0498. The molecule has 1 aromatic heterocycles. The molecule has 0 bridgehead atoms. The lowest BCUT2D eigenvalue weighted by Gasteiger charge is -2.15. The average molecular weight is 508 g/mol. The molecule has 0 atom stereocenters. The number of aromatic nitrogens is 1. The van der Waals surface area contributed by atoms with Gasteiger partial charge in [0.15, 0.2) is 11.5 Å². The largest absolute Gasteiger partial charge is 0.454 e. The summed E-state index contributed by atoms with van der Waals surface area (Å²) in [5, 5.41) is 1.96. The Balaban J connectivity index is 1.44. The zero-order valence-electron chi connectivity index (χ0n) is 19.2. The maximum absolute atomic E-state index is 12.6. The fourth-order valence-electron chi connectivity index (χ4n) is 3.75. The molecule has 1 N–H and O–H groups in total. The Labute approximate surface area is 210 Å². The third-order valence-electron chi connectivity index (χ3n) is 5.54. The molecule has 0 amide bonds. The van der Waals surface area contributed by atoms with Crippen molar-refractivity contribution in [3.8, 4) is 28.5 Å². The highest BCUT2D eigenvalue weighted by atomic mass is 32.1. The summed E-state index contributed by atoms with van der Waals surface area (Å²) in [5.74, 6) is 1.45. The van der Waals surface area contributed by atoms with Crippen molar-refractivity contribution < 1.29 is 23.0 Å². The van der Waals surface area contributed by atoms with E-state index in [9.17, 15) is 8.78 Å². The number of fused-ring (bicyclic) bond motifs is 1. The van der Waals surface area contributed by atoms with Crippen LogP contribution >= 0.6 is 11.3 Å². The molecule has 0 aliphatic carbocycles. The number of hydrogen-bond acceptors (Lipinski definition) is 6. The van der Waals surface area contributed by atoms with Gasteiger partial charge in [-0.25, -0.2) is 4.68 Å². The minimum atomic E-state index is -2.87. The van der Waals surface area contributed by atoms with E-state index in [1.165, 1.54) is 29.0 Å². The predicted molar refractivity (Wildman–Crippen MR) is 136 cm³/mol. The Hall–Kier alpha value is -4.11. The van der Waals surface area contributed by atoms with E-state index >= 15 is 0 Å². The summed E-state index contributed by atoms with van der Waals surface area (Å²) >= 11 is 1.48. The zero-order valence-corrected chi connectivity index (χ0v) is 20.0. The molecule has 184 valence electrons. The Kier molecular flexibility index (Phi) is 6.99. The van der Waals surface area contributed by atoms with Crippen LogP contribution < -0.4 is 24.4 Å². The van der Waals surface area contributed by atoms with Crippen molar-refractivity contribution in [1.29, 1.82) is 0 Å². The first-order valence-electron chi connectivity index (χ1n) is 11.2. The van der Waals surface area contributed by atoms with Crippen LogP contribution in [0.1, 0.15) is 11.1 Å². The maximum Gasteiger partial charge on any atom is 0.387 e. The molecule has 6 nitrogen and oxygen atoms in total. The molecular formula is C27H23F2N3O3S. The highest BCUT2D eigenvalue weighted by Crippen LogP contribution is 2.34. The molecule has 0 radical (unpaired) electrons. The summed E-state index contributed by atoms with van der Waals surface area (Å²) in [7, 11) is 0. The monoisotopic (exact) mass is 507 g/mol. The molecule has 1 aliphatic rings. The quantitative estimate of drug-likeness (QED) is 0.306. The van der Waals surface area contributed by atoms with Gasteiger partial charge in [-0.2, -0.15) is 8.78 Å². The van der Waals surface area contributed by atoms with Gasteiger partial charge in [-0.3, -0.25) is 10.4 Å². The van der Waals surface area contributed by atoms with Crippen LogP contribution in [0.25, 0.3) is 17.0 Å². The van der Waals surface area contributed by atoms with E-state index in [2.05, 4.69) is 28.9 Å². The van der Waals surface area contributed by atoms with Crippen LogP contribution in [-0.4, -0.2) is 24.6 Å². The first-order valence-corrected chi connectivity index (χ1v) is 12.1. The average Bonchev–Trinajstić information content (AvgIpc) is 3.51. The molecule has 1 aliphatic heterocycles. The minimum Gasteiger partial charge on any atom is -0.454 e. The van der Waals surface area contributed by atoms with Gasteiger partial charge < -0.3 is 14.2 Å². The van der Waals surface area contributed by atoms with E-state index in [0.717, 1.165) is 28.0 Å². The number of halogens is 2. The molecule has 4 aromatic rings. The third-order valence-corrected chi connectivity index (χ3v) is 6.41. The molecule has 3 aromatic carbocycles. The third kappa shape index (κ3) is 5.41. The number of benzene rings is 3. The lowest BCUT2D eigenvalue weighted by atomic mass is 10.1. The zero-order chi connectivity index (χ0) is 24.9. The molecule has 0 fully saturated rings. The molecular weight excluding hydrogens is 484 g/mol. The standard InChI is InChI=1S/C27H23F2N3O3S/c1-18(21-9-12-24-25(15-21)34-17-33-24)31-32-23(20-7-10-22(11-8-20)35-26(28)29)16-36-27(32)30-14-13-19-5-3-2-4-6-19/h2-12,15-16,26,31H,1,13-14,17H2. The van der Waals surface area contributed by atoms with Crippen LogP contribution in [0.4, 0.5) is 8.78 Å². The minimum absolute atomic E-state index is 0.0982. The van der Waals surface area contributed by atoms with Crippen molar-refractivity contribution in [2.45, 2.75) is 13.0 Å². The van der Waals surface area contributed by atoms with Crippen molar-refractivity contribution in [3.05, 3.63) is 101 Å². The van der Waals surface area contributed by atoms with Crippen molar-refractivity contribution in [2.75, 3.05) is 18.8 Å². The molecule has 0 spiro atoms. The second-order valence-electron chi connectivity index (χ2n) is 7.92. The molecule has 9 heteroatoms. The summed E-state index contributed by atoms with van der Waals surface area (Å²) in [4.78, 5) is 5.56. The van der Waals surface area contributed by atoms with Crippen LogP contribution in [0.2, 0.25) is 0 Å². The normalized spacial score (nSPS) is 12.7. The highest BCUT2D eigenvalue weighted by molar-refractivity contribution is 7.07. The molecule has 0 saturated heterocycles. The van der Waals surface area contributed by atoms with E-state index in [4.69, 9.17) is 14.5 Å². The van der Waals surface area contributed by atoms with Gasteiger partial charge >= 0.3 is 6.61 Å². The summed E-state index contributed by atoms with van der Waals surface area (Å²) in [6.45, 7) is 2.13. The summed E-state index contributed by atoms with van der Waals surface area (Å²) in [5.41, 5.74) is 7.64. The fraction of sp³-hybridized carbons (Fsp3) is 0.148. The van der Waals surface area contributed by atoms with Gasteiger partial charge in [0.05, 0.1) is 11.4 Å². The van der Waals surface area contributed by atoms with E-state index in [1.807, 2.05) is 46.5 Å². The summed E-state index contributed by atoms with van der Waals surface area (Å²) in [6.07, 6.45) is 0.802. The number of nitrogens with one attached hydrogen (secondary N) is 1. The highest BCUT2D eigenvalue weighted by Gasteiger charge is 2.16. The number of ether oxygens (including phenoxy) is 3. The van der Waals surface area contributed by atoms with Gasteiger partial charge in [-0.15, -0.1) is 11.3 Å². The van der Waals surface area contributed by atoms with Crippen molar-refractivity contribution in [2.24, 2.45) is 4.99 Å². The number of hydrogen-bond donors (Lipinski definition) is 1. The van der Waals surface area contributed by atoms with E-state index in [1.54, 1.807) is 12.1 Å². The first kappa shape index (κ1) is 23.6. The Bertz CT molecular complexity index is 1420. The lowest BCUT2D eigenvalue weighted by Crippen LogP contribution is -2.25. The smallest absolute Gasteiger partial charge is 0.387 e. The molecule has 0 unspecified atom stereocenters. The number of thiazole rings is 1. The van der Waals surface area contributed by atoms with Crippen LogP contribution in [0.3, 0.4) is 0 Å². The number of nitrogens with zero attached hydrogens (tertiary/aromatic N) is 2. The fourth-order valence-corrected chi connectivity index (χ4v) is 4.62. The molecule has 0 saturated carbocycles. The molecule has 2 heterocycles. The Morgan fingerprint density at radius 3 is 2.61 bits per heavy atom. The van der Waals surface area contributed by atoms with Gasteiger partial charge in [0.25, 0.3) is 0 Å². The van der Waals surface area contributed by atoms with Crippen LogP contribution in [0.5, 0.6) is 17.2 Å². The Morgan fingerprint density at radius 1 is 1.06 bits per heavy atom. The molecule has 36 heavy (non-hydrogen) atoms. The number of alkyl halides is 2. The summed E-state index contributed by atoms with van der Waals surface area (Å²) < 4.78 is 42.4. The second-order valence-corrected chi connectivity index (χ2v) is 8.75. The van der Waals surface area contributed by atoms with E-state index in [0.29, 0.717) is 23.7 Å². The van der Waals surface area contributed by atoms with E-state index < -0.39 is 6.61 Å². The number of rotatable bonds is 9. The van der Waals surface area contributed by atoms with Crippen LogP contribution in [0, 0.1) is 0 Å². The van der Waals surface area contributed by atoms with Crippen molar-refractivity contribution in [3.63, 3.8) is 0 Å². The van der Waals surface area contributed by atoms with Crippen molar-refractivity contribution in [1.82, 2.24) is 4.68 Å². The summed E-state index contributed by atoms with van der Waals surface area (Å²) in [6, 6.07) is 22.3. The first-order chi connectivity index (χ1) is 17.6. The van der Waals surface area contributed by atoms with Gasteiger partial charge in [0.2, 0.25) is 11.6 Å². The predicted octanol–water partition coefficient (Wildman–Crippen LogP) is 5.90. The SMILES string of the molecule is C=C(Nn1c(-c2ccc(OC(F)F)cc2)csc1=NCCc1ccccc1)c1ccc2c(c1)OCO2. The van der Waals surface area contributed by atoms with Gasteiger partial charge in [-0.1, -0.05) is 36.9 Å². The van der Waals surface area contributed by atoms with Crippen LogP contribution in [0.15, 0.2) is 89.7 Å². The van der Waals surface area contributed by atoms with Gasteiger partial charge in [0.1, 0.15) is 5.75 Å². The molecule has 5 rings (SSSR count). The van der Waals surface area contributed by atoms with E-state index in [-0.39, 0.29) is 12.5 Å². The Morgan fingerprint density at radius 2 is 1.83 bits per heavy atom. The van der Waals surface area contributed by atoms with Crippen LogP contribution in [-0.2, 0) is 6.42 Å². The maximum atomic E-state index is 12.6. The van der Waals surface area contributed by atoms with Gasteiger partial charge in [0, 0.05) is 23.1 Å². The van der Waals surface area contributed by atoms with Gasteiger partial charge in [-0.05, 0) is 54.4 Å².